The Balaban J connectivity index is 1.09. The second kappa shape index (κ2) is 11.6. The molecule has 0 spiro atoms. The van der Waals surface area contributed by atoms with Gasteiger partial charge < -0.3 is 13.9 Å². The molecule has 3 heterocycles. The van der Waals surface area contributed by atoms with Crippen LogP contribution >= 0.6 is 0 Å². The Morgan fingerprint density at radius 1 is 0.389 bits per heavy atom. The zero-order chi connectivity index (χ0) is 36.0. The highest BCUT2D eigenvalue weighted by molar-refractivity contribution is 6.15. The summed E-state index contributed by atoms with van der Waals surface area (Å²) in [5, 5.41) is 4.81. The van der Waals surface area contributed by atoms with E-state index in [-0.39, 0.29) is 5.41 Å². The van der Waals surface area contributed by atoms with Crippen LogP contribution in [0.1, 0.15) is 25.0 Å². The summed E-state index contributed by atoms with van der Waals surface area (Å²) in [5.41, 5.74) is 13.9. The van der Waals surface area contributed by atoms with Gasteiger partial charge in [-0.25, -0.2) is 0 Å². The molecule has 0 saturated heterocycles. The summed E-state index contributed by atoms with van der Waals surface area (Å²) in [7, 11) is 0. The molecule has 0 radical (unpaired) electrons. The highest BCUT2D eigenvalue weighted by atomic mass is 16.5. The Morgan fingerprint density at radius 2 is 0.833 bits per heavy atom. The fourth-order valence-corrected chi connectivity index (χ4v) is 9.04. The minimum absolute atomic E-state index is 0.344. The molecule has 1 aliphatic rings. The lowest BCUT2D eigenvalue weighted by atomic mass is 9.73. The zero-order valence-corrected chi connectivity index (χ0v) is 30.1. The molecule has 0 aliphatic carbocycles. The van der Waals surface area contributed by atoms with E-state index in [4.69, 9.17) is 4.74 Å². The van der Waals surface area contributed by atoms with Crippen molar-refractivity contribution in [3.05, 3.63) is 193 Å². The van der Waals surface area contributed by atoms with Crippen LogP contribution in [0.5, 0.6) is 11.5 Å². The van der Waals surface area contributed by atoms with E-state index >= 15 is 0 Å². The summed E-state index contributed by atoms with van der Waals surface area (Å²) in [6, 6.07) is 65.5. The molecule has 0 atom stereocenters. The predicted molar refractivity (Wildman–Crippen MR) is 225 cm³/mol. The molecule has 0 saturated carbocycles. The van der Waals surface area contributed by atoms with Crippen LogP contribution in [0.4, 0.5) is 0 Å². The highest BCUT2D eigenvalue weighted by Crippen LogP contribution is 2.55. The van der Waals surface area contributed by atoms with Crippen LogP contribution in [0.2, 0.25) is 0 Å². The third kappa shape index (κ3) is 4.42. The predicted octanol–water partition coefficient (Wildman–Crippen LogP) is 13.6. The first kappa shape index (κ1) is 30.8. The van der Waals surface area contributed by atoms with Crippen molar-refractivity contribution in [3.8, 4) is 45.1 Å². The largest absolute Gasteiger partial charge is 0.456 e. The van der Waals surface area contributed by atoms with E-state index in [2.05, 4.69) is 205 Å². The second-order valence-corrected chi connectivity index (χ2v) is 14.9. The summed E-state index contributed by atoms with van der Waals surface area (Å²) in [6.07, 6.45) is 0. The average molecular weight is 693 g/mol. The van der Waals surface area contributed by atoms with Crippen LogP contribution < -0.4 is 4.74 Å². The lowest BCUT2D eigenvalue weighted by Gasteiger charge is -2.35. The van der Waals surface area contributed by atoms with Gasteiger partial charge in [0.2, 0.25) is 0 Å². The van der Waals surface area contributed by atoms with Crippen LogP contribution in [-0.4, -0.2) is 9.13 Å². The van der Waals surface area contributed by atoms with Gasteiger partial charge in [-0.05, 0) is 76.9 Å². The third-order valence-corrected chi connectivity index (χ3v) is 11.6. The van der Waals surface area contributed by atoms with Crippen LogP contribution in [0.3, 0.4) is 0 Å². The first-order valence-corrected chi connectivity index (χ1v) is 18.7. The lowest BCUT2D eigenvalue weighted by molar-refractivity contribution is 0.426. The maximum absolute atomic E-state index is 7.17. The lowest BCUT2D eigenvalue weighted by Crippen LogP contribution is -2.24. The van der Waals surface area contributed by atoms with Gasteiger partial charge in [0.05, 0.1) is 27.5 Å². The molecule has 0 unspecified atom stereocenters. The van der Waals surface area contributed by atoms with Crippen molar-refractivity contribution in [2.75, 3.05) is 0 Å². The van der Waals surface area contributed by atoms with Crippen molar-refractivity contribution in [3.63, 3.8) is 0 Å². The second-order valence-electron chi connectivity index (χ2n) is 14.9. The fourth-order valence-electron chi connectivity index (χ4n) is 9.04. The molecule has 256 valence electrons. The zero-order valence-electron chi connectivity index (χ0n) is 30.1. The summed E-state index contributed by atoms with van der Waals surface area (Å²) in [5.74, 6) is 1.86. The number of aromatic nitrogens is 2. The molecular formula is C51H36N2O. The van der Waals surface area contributed by atoms with E-state index in [1.54, 1.807) is 0 Å². The van der Waals surface area contributed by atoms with Gasteiger partial charge in [-0.2, -0.15) is 0 Å². The van der Waals surface area contributed by atoms with Gasteiger partial charge in [0.15, 0.2) is 0 Å². The fraction of sp³-hybridized carbons (Fsp3) is 0.0588. The van der Waals surface area contributed by atoms with Crippen LogP contribution in [0.25, 0.3) is 77.2 Å². The molecular weight excluding hydrogens is 657 g/mol. The van der Waals surface area contributed by atoms with E-state index in [0.29, 0.717) is 0 Å². The Kier molecular flexibility index (Phi) is 6.60. The summed E-state index contributed by atoms with van der Waals surface area (Å²) in [6.45, 7) is 4.72. The van der Waals surface area contributed by atoms with Gasteiger partial charge in [-0.15, -0.1) is 0 Å². The molecule has 2 aromatic heterocycles. The van der Waals surface area contributed by atoms with Crippen molar-refractivity contribution in [1.29, 1.82) is 0 Å². The molecule has 8 aromatic carbocycles. The van der Waals surface area contributed by atoms with Crippen LogP contribution in [0, 0.1) is 0 Å². The number of fused-ring (bicyclic) bond motifs is 10. The number of rotatable bonds is 4. The standard InChI is InChI=1S/C51H36N2O/c1-51(2)41-29-30-45-48(40-18-10-12-20-43(40)53(45)38-27-23-36(24-28-38)34-15-7-4-8-16-34)50(41)54-46-32-31-44-47(49(46)51)39-17-9-11-19-42(39)52(44)37-25-21-35(22-26-37)33-13-5-3-6-14-33/h3-32H,1-2H3. The summed E-state index contributed by atoms with van der Waals surface area (Å²) >= 11 is 0. The van der Waals surface area contributed by atoms with E-state index in [1.807, 2.05) is 0 Å². The monoisotopic (exact) mass is 692 g/mol. The maximum atomic E-state index is 7.17. The quantitative estimate of drug-likeness (QED) is 0.180. The molecule has 0 bridgehead atoms. The van der Waals surface area contributed by atoms with Crippen molar-refractivity contribution < 1.29 is 4.74 Å². The maximum Gasteiger partial charge on any atom is 0.141 e. The summed E-state index contributed by atoms with van der Waals surface area (Å²) < 4.78 is 12.0. The Hall–Kier alpha value is -6.84. The van der Waals surface area contributed by atoms with Gasteiger partial charge in [0, 0.05) is 44.1 Å². The number of para-hydroxylation sites is 2. The normalized spacial score (nSPS) is 13.3. The highest BCUT2D eigenvalue weighted by Gasteiger charge is 2.39. The number of benzene rings is 8. The molecule has 0 fully saturated rings. The minimum atomic E-state index is -0.344. The van der Waals surface area contributed by atoms with Gasteiger partial charge in [-0.1, -0.05) is 141 Å². The first-order valence-electron chi connectivity index (χ1n) is 18.7. The Bertz CT molecular complexity index is 3060. The van der Waals surface area contributed by atoms with E-state index < -0.39 is 0 Å². The average Bonchev–Trinajstić information content (AvgIpc) is 3.75. The van der Waals surface area contributed by atoms with Gasteiger partial charge >= 0.3 is 0 Å². The molecule has 0 N–H and O–H groups in total. The molecule has 11 rings (SSSR count). The van der Waals surface area contributed by atoms with E-state index in [9.17, 15) is 0 Å². The van der Waals surface area contributed by atoms with Crippen LogP contribution in [0.15, 0.2) is 182 Å². The molecule has 1 aliphatic heterocycles. The van der Waals surface area contributed by atoms with Crippen LogP contribution in [-0.2, 0) is 5.41 Å². The number of ether oxygens (including phenoxy) is 1. The van der Waals surface area contributed by atoms with Gasteiger partial charge in [0.1, 0.15) is 11.5 Å². The molecule has 54 heavy (non-hydrogen) atoms. The van der Waals surface area contributed by atoms with Gasteiger partial charge in [-0.3, -0.25) is 0 Å². The van der Waals surface area contributed by atoms with Crippen molar-refractivity contribution in [1.82, 2.24) is 9.13 Å². The molecule has 3 heteroatoms. The number of nitrogens with zero attached hydrogens (tertiary/aromatic N) is 2. The van der Waals surface area contributed by atoms with Crippen molar-refractivity contribution >= 4 is 43.6 Å². The molecule has 0 amide bonds. The van der Waals surface area contributed by atoms with E-state index in [1.165, 1.54) is 60.6 Å². The molecule has 3 nitrogen and oxygen atoms in total. The summed E-state index contributed by atoms with van der Waals surface area (Å²) in [4.78, 5) is 0. The number of hydrogen-bond donors (Lipinski definition) is 0. The van der Waals surface area contributed by atoms with E-state index in [0.717, 1.165) is 39.3 Å². The Labute approximate surface area is 313 Å². The van der Waals surface area contributed by atoms with Crippen molar-refractivity contribution in [2.45, 2.75) is 19.3 Å². The van der Waals surface area contributed by atoms with Gasteiger partial charge in [0.25, 0.3) is 0 Å². The third-order valence-electron chi connectivity index (χ3n) is 11.6. The number of hydrogen-bond acceptors (Lipinski definition) is 1. The topological polar surface area (TPSA) is 19.1 Å². The first-order chi connectivity index (χ1) is 26.6. The molecule has 10 aromatic rings. The Morgan fingerprint density at radius 3 is 1.39 bits per heavy atom. The smallest absolute Gasteiger partial charge is 0.141 e. The minimum Gasteiger partial charge on any atom is -0.456 e. The SMILES string of the molecule is CC1(C)c2ccc3c(c2Oc2ccc4c(c21)c1ccccc1n4-c1ccc(-c2ccccc2)cc1)c1ccccc1n3-c1ccc(-c2ccccc2)cc1. The van der Waals surface area contributed by atoms with Crippen molar-refractivity contribution in [2.24, 2.45) is 0 Å².